The van der Waals surface area contributed by atoms with Crippen molar-refractivity contribution in [2.75, 3.05) is 38.6 Å². The first-order valence-corrected chi connectivity index (χ1v) is 9.54. The van der Waals surface area contributed by atoms with Crippen LogP contribution >= 0.6 is 11.8 Å². The largest absolute Gasteiger partial charge is 0.381 e. The van der Waals surface area contributed by atoms with Crippen molar-refractivity contribution in [3.8, 4) is 6.07 Å². The minimum Gasteiger partial charge on any atom is -0.381 e. The zero-order valence-electron chi connectivity index (χ0n) is 13.8. The summed E-state index contributed by atoms with van der Waals surface area (Å²) < 4.78 is 5.50. The van der Waals surface area contributed by atoms with Gasteiger partial charge in [-0.1, -0.05) is 18.2 Å². The predicted octanol–water partition coefficient (Wildman–Crippen LogP) is 2.61. The van der Waals surface area contributed by atoms with Crippen molar-refractivity contribution in [3.63, 3.8) is 0 Å². The van der Waals surface area contributed by atoms with Gasteiger partial charge in [-0.3, -0.25) is 0 Å². The second-order valence-corrected chi connectivity index (χ2v) is 7.63. The van der Waals surface area contributed by atoms with Gasteiger partial charge in [0.15, 0.2) is 0 Å². The molecule has 3 rings (SSSR count). The predicted molar refractivity (Wildman–Crippen MR) is 94.8 cm³/mol. The molecule has 5 nitrogen and oxygen atoms in total. The molecule has 2 saturated heterocycles. The lowest BCUT2D eigenvalue weighted by molar-refractivity contribution is 0.152. The van der Waals surface area contributed by atoms with Gasteiger partial charge in [-0.05, 0) is 24.5 Å². The van der Waals surface area contributed by atoms with E-state index in [0.717, 1.165) is 61.8 Å². The van der Waals surface area contributed by atoms with Crippen LogP contribution in [-0.2, 0) is 10.5 Å². The number of likely N-dealkylation sites (tertiary alicyclic amines) is 1. The summed E-state index contributed by atoms with van der Waals surface area (Å²) in [4.78, 5) is 14.2. The number of amides is 2. The third-order valence-electron chi connectivity index (χ3n) is 4.83. The molecular formula is C18H23N3O2S. The van der Waals surface area contributed by atoms with E-state index in [1.54, 1.807) is 11.8 Å². The second kappa shape index (κ2) is 7.91. The summed E-state index contributed by atoms with van der Waals surface area (Å²) >= 11 is 1.73. The smallest absolute Gasteiger partial charge is 0.317 e. The van der Waals surface area contributed by atoms with Crippen molar-refractivity contribution in [1.29, 1.82) is 5.26 Å². The number of nitrogens with one attached hydrogen (secondary N) is 1. The molecule has 0 unspecified atom stereocenters. The summed E-state index contributed by atoms with van der Waals surface area (Å²) in [5.74, 6) is 1.64. The van der Waals surface area contributed by atoms with Crippen LogP contribution in [0.15, 0.2) is 24.3 Å². The van der Waals surface area contributed by atoms with Gasteiger partial charge in [0.05, 0.1) is 18.2 Å². The number of carbonyl (C=O) groups excluding carboxylic acids is 1. The topological polar surface area (TPSA) is 65.4 Å². The molecule has 0 saturated carbocycles. The maximum absolute atomic E-state index is 12.2. The van der Waals surface area contributed by atoms with Gasteiger partial charge in [-0.25, -0.2) is 4.79 Å². The molecule has 1 spiro atoms. The zero-order valence-corrected chi connectivity index (χ0v) is 14.6. The van der Waals surface area contributed by atoms with Gasteiger partial charge in [0, 0.05) is 43.2 Å². The highest BCUT2D eigenvalue weighted by molar-refractivity contribution is 7.98. The van der Waals surface area contributed by atoms with Crippen LogP contribution in [0.3, 0.4) is 0 Å². The molecule has 0 aliphatic carbocycles. The second-order valence-electron chi connectivity index (χ2n) is 6.53. The molecule has 1 aromatic carbocycles. The highest BCUT2D eigenvalue weighted by Crippen LogP contribution is 2.38. The van der Waals surface area contributed by atoms with Crippen LogP contribution in [0.25, 0.3) is 0 Å². The lowest BCUT2D eigenvalue weighted by atomic mass is 9.87. The van der Waals surface area contributed by atoms with Gasteiger partial charge in [-0.15, -0.1) is 0 Å². The molecule has 2 heterocycles. The number of carbonyl (C=O) groups is 1. The molecule has 2 amide bonds. The van der Waals surface area contributed by atoms with Gasteiger partial charge in [0.2, 0.25) is 0 Å². The molecular weight excluding hydrogens is 322 g/mol. The Morgan fingerprint density at radius 3 is 3.08 bits per heavy atom. The number of ether oxygens (including phenoxy) is 1. The van der Waals surface area contributed by atoms with Crippen LogP contribution in [0.2, 0.25) is 0 Å². The standard InChI is InChI=1S/C18H23N3O2S/c19-11-15-3-1-2-4-16(15)12-24-10-7-20-17(22)21-8-5-18(13-21)6-9-23-14-18/h1-4H,5-10,12-14H2,(H,20,22)/t18-/m0/s1. The maximum atomic E-state index is 12.2. The fourth-order valence-electron chi connectivity index (χ4n) is 3.36. The minimum atomic E-state index is 0.0387. The monoisotopic (exact) mass is 345 g/mol. The number of rotatable bonds is 5. The summed E-state index contributed by atoms with van der Waals surface area (Å²) in [5.41, 5.74) is 2.00. The molecule has 2 fully saturated rings. The fraction of sp³-hybridized carbons (Fsp3) is 0.556. The third kappa shape index (κ3) is 4.03. The molecule has 24 heavy (non-hydrogen) atoms. The van der Waals surface area contributed by atoms with Crippen LogP contribution in [0.4, 0.5) is 4.79 Å². The highest BCUT2D eigenvalue weighted by Gasteiger charge is 2.42. The number of hydrogen-bond donors (Lipinski definition) is 1. The van der Waals surface area contributed by atoms with Gasteiger partial charge in [0.1, 0.15) is 0 Å². The zero-order chi connectivity index (χ0) is 16.8. The van der Waals surface area contributed by atoms with Crippen LogP contribution in [-0.4, -0.2) is 49.5 Å². The first kappa shape index (κ1) is 17.1. The molecule has 2 aliphatic rings. The minimum absolute atomic E-state index is 0.0387. The Labute approximate surface area is 147 Å². The molecule has 0 aromatic heterocycles. The molecule has 0 bridgehead atoms. The Hall–Kier alpha value is -1.71. The quantitative estimate of drug-likeness (QED) is 0.833. The summed E-state index contributed by atoms with van der Waals surface area (Å²) in [6.07, 6.45) is 2.13. The Kier molecular flexibility index (Phi) is 5.64. The first-order chi connectivity index (χ1) is 11.7. The van der Waals surface area contributed by atoms with Crippen molar-refractivity contribution in [2.24, 2.45) is 5.41 Å². The van der Waals surface area contributed by atoms with Gasteiger partial charge in [-0.2, -0.15) is 17.0 Å². The number of nitrogens with zero attached hydrogens (tertiary/aromatic N) is 2. The van der Waals surface area contributed by atoms with E-state index in [9.17, 15) is 4.79 Å². The Balaban J connectivity index is 1.35. The maximum Gasteiger partial charge on any atom is 0.317 e. The van der Waals surface area contributed by atoms with Crippen molar-refractivity contribution >= 4 is 17.8 Å². The first-order valence-electron chi connectivity index (χ1n) is 8.39. The van der Waals surface area contributed by atoms with Crippen molar-refractivity contribution in [3.05, 3.63) is 35.4 Å². The molecule has 128 valence electrons. The van der Waals surface area contributed by atoms with E-state index >= 15 is 0 Å². The van der Waals surface area contributed by atoms with E-state index in [1.807, 2.05) is 29.2 Å². The van der Waals surface area contributed by atoms with Gasteiger partial charge < -0.3 is 15.0 Å². The normalized spacial score (nSPS) is 22.7. The summed E-state index contributed by atoms with van der Waals surface area (Å²) in [6, 6.07) is 9.91. The van der Waals surface area contributed by atoms with E-state index < -0.39 is 0 Å². The van der Waals surface area contributed by atoms with E-state index in [4.69, 9.17) is 10.00 Å². The number of nitriles is 1. The van der Waals surface area contributed by atoms with Crippen LogP contribution in [0, 0.1) is 16.7 Å². The summed E-state index contributed by atoms with van der Waals surface area (Å²) in [6.45, 7) is 3.93. The van der Waals surface area contributed by atoms with E-state index in [1.165, 1.54) is 0 Å². The SMILES string of the molecule is N#Cc1ccccc1CSCCNC(=O)N1CC[C@]2(CCOC2)C1. The third-order valence-corrected chi connectivity index (χ3v) is 5.84. The van der Waals surface area contributed by atoms with Crippen molar-refractivity contribution < 1.29 is 9.53 Å². The van der Waals surface area contributed by atoms with Crippen molar-refractivity contribution in [1.82, 2.24) is 10.2 Å². The average molecular weight is 345 g/mol. The number of urea groups is 1. The molecule has 6 heteroatoms. The Morgan fingerprint density at radius 1 is 1.42 bits per heavy atom. The lowest BCUT2D eigenvalue weighted by Crippen LogP contribution is -2.40. The summed E-state index contributed by atoms with van der Waals surface area (Å²) in [7, 11) is 0. The summed E-state index contributed by atoms with van der Waals surface area (Å²) in [5, 5.41) is 12.1. The molecule has 1 aromatic rings. The fourth-order valence-corrected chi connectivity index (χ4v) is 4.22. The molecule has 2 aliphatic heterocycles. The highest BCUT2D eigenvalue weighted by atomic mass is 32.2. The number of thioether (sulfide) groups is 1. The van der Waals surface area contributed by atoms with Crippen molar-refractivity contribution in [2.45, 2.75) is 18.6 Å². The molecule has 1 atom stereocenters. The number of benzene rings is 1. The lowest BCUT2D eigenvalue weighted by Gasteiger charge is -2.22. The van der Waals surface area contributed by atoms with E-state index in [-0.39, 0.29) is 11.4 Å². The average Bonchev–Trinajstić information content (AvgIpc) is 3.25. The Bertz CT molecular complexity index is 623. The van der Waals surface area contributed by atoms with Crippen LogP contribution < -0.4 is 5.32 Å². The Morgan fingerprint density at radius 2 is 2.29 bits per heavy atom. The molecule has 1 N–H and O–H groups in total. The van der Waals surface area contributed by atoms with Crippen LogP contribution in [0.1, 0.15) is 24.0 Å². The van der Waals surface area contributed by atoms with Gasteiger partial charge in [0.25, 0.3) is 0 Å². The van der Waals surface area contributed by atoms with E-state index in [0.29, 0.717) is 6.54 Å². The molecule has 0 radical (unpaired) electrons. The number of hydrogen-bond acceptors (Lipinski definition) is 4. The van der Waals surface area contributed by atoms with Gasteiger partial charge >= 0.3 is 6.03 Å². The van der Waals surface area contributed by atoms with E-state index in [2.05, 4.69) is 11.4 Å². The van der Waals surface area contributed by atoms with Crippen LogP contribution in [0.5, 0.6) is 0 Å².